The van der Waals surface area contributed by atoms with E-state index in [9.17, 15) is 9.18 Å². The number of benzene rings is 2. The SMILES string of the molecule is C=C(/C(=C1\NCC(COCC2=CC3CC3C=C2)N1)c1ccc(=O)n(-c2ccccc2C)n1)c1ccc(F)cc1.CC.[HH]. The smallest absolute Gasteiger partial charge is 0.271 e. The lowest BCUT2D eigenvalue weighted by molar-refractivity contribution is 0.141. The van der Waals surface area contributed by atoms with Crippen molar-refractivity contribution in [1.29, 1.82) is 0 Å². The first-order chi connectivity index (χ1) is 20.0. The van der Waals surface area contributed by atoms with Crippen molar-refractivity contribution in [2.24, 2.45) is 11.8 Å². The molecule has 214 valence electrons. The molecule has 1 aliphatic heterocycles. The monoisotopic (exact) mass is 554 g/mol. The van der Waals surface area contributed by atoms with Crippen molar-refractivity contribution >= 4 is 11.1 Å². The third-order valence-electron chi connectivity index (χ3n) is 7.48. The molecule has 0 bridgehead atoms. The van der Waals surface area contributed by atoms with Gasteiger partial charge >= 0.3 is 0 Å². The van der Waals surface area contributed by atoms with Crippen molar-refractivity contribution in [3.63, 3.8) is 0 Å². The van der Waals surface area contributed by atoms with Gasteiger partial charge in [0.2, 0.25) is 0 Å². The molecule has 1 aromatic heterocycles. The number of hydrogen-bond acceptors (Lipinski definition) is 5. The number of aromatic nitrogens is 2. The summed E-state index contributed by atoms with van der Waals surface area (Å²) in [7, 11) is 0. The third-order valence-corrected chi connectivity index (χ3v) is 7.48. The van der Waals surface area contributed by atoms with Gasteiger partial charge in [0.15, 0.2) is 0 Å². The maximum atomic E-state index is 13.7. The van der Waals surface area contributed by atoms with E-state index in [0.29, 0.717) is 48.2 Å². The summed E-state index contributed by atoms with van der Waals surface area (Å²) in [5, 5.41) is 11.7. The van der Waals surface area contributed by atoms with Gasteiger partial charge in [-0.05, 0) is 71.7 Å². The second-order valence-electron chi connectivity index (χ2n) is 10.4. The van der Waals surface area contributed by atoms with Gasteiger partial charge in [0.05, 0.1) is 30.6 Å². The number of hydrogen-bond donors (Lipinski definition) is 2. The van der Waals surface area contributed by atoms with Crippen LogP contribution in [0.4, 0.5) is 4.39 Å². The first-order valence-corrected chi connectivity index (χ1v) is 14.3. The Kier molecular flexibility index (Phi) is 8.64. The minimum absolute atomic E-state index is 0. The highest BCUT2D eigenvalue weighted by atomic mass is 19.1. The lowest BCUT2D eigenvalue weighted by atomic mass is 9.96. The van der Waals surface area contributed by atoms with Gasteiger partial charge in [-0.25, -0.2) is 4.39 Å². The molecule has 3 aliphatic rings. The van der Waals surface area contributed by atoms with Crippen LogP contribution in [0, 0.1) is 24.6 Å². The van der Waals surface area contributed by atoms with E-state index in [1.807, 2.05) is 45.0 Å². The summed E-state index contributed by atoms with van der Waals surface area (Å²) < 4.78 is 21.2. The normalized spacial score (nSPS) is 21.5. The number of nitrogens with one attached hydrogen (secondary N) is 2. The van der Waals surface area contributed by atoms with E-state index < -0.39 is 0 Å². The quantitative estimate of drug-likeness (QED) is 0.355. The molecule has 2 fully saturated rings. The highest BCUT2D eigenvalue weighted by Crippen LogP contribution is 2.44. The Balaban J connectivity index is 0.00000132. The molecule has 0 amide bonds. The number of rotatable bonds is 8. The summed E-state index contributed by atoms with van der Waals surface area (Å²) in [5.74, 6) is 1.87. The molecule has 0 spiro atoms. The highest BCUT2D eigenvalue weighted by Gasteiger charge is 2.35. The van der Waals surface area contributed by atoms with Crippen molar-refractivity contribution in [3.05, 3.63) is 130 Å². The molecule has 3 aromatic rings. The van der Waals surface area contributed by atoms with Gasteiger partial charge in [-0.2, -0.15) is 9.78 Å². The Hall–Kier alpha value is -4.23. The van der Waals surface area contributed by atoms with Crippen LogP contribution in [0.3, 0.4) is 0 Å². The van der Waals surface area contributed by atoms with Crippen LogP contribution in [0.5, 0.6) is 0 Å². The van der Waals surface area contributed by atoms with Crippen molar-refractivity contribution in [2.45, 2.75) is 33.2 Å². The Morgan fingerprint density at radius 3 is 2.66 bits per heavy atom. The second kappa shape index (κ2) is 12.5. The second-order valence-corrected chi connectivity index (χ2v) is 10.4. The molecule has 3 atom stereocenters. The number of para-hydroxylation sites is 1. The molecular formula is C34H39FN4O2. The zero-order chi connectivity index (χ0) is 28.9. The van der Waals surface area contributed by atoms with Gasteiger partial charge in [0, 0.05) is 19.6 Å². The minimum Gasteiger partial charge on any atom is -0.375 e. The average molecular weight is 555 g/mol. The molecule has 2 aromatic carbocycles. The van der Waals surface area contributed by atoms with Crippen molar-refractivity contribution < 1.29 is 10.6 Å². The van der Waals surface area contributed by atoms with Crippen molar-refractivity contribution in [3.8, 4) is 5.69 Å². The minimum atomic E-state index is -0.318. The van der Waals surface area contributed by atoms with Crippen LogP contribution in [0.1, 0.15) is 38.5 Å². The van der Waals surface area contributed by atoms with Crippen LogP contribution in [-0.2, 0) is 4.74 Å². The fourth-order valence-corrected chi connectivity index (χ4v) is 5.18. The van der Waals surface area contributed by atoms with Gasteiger partial charge in [-0.1, -0.05) is 69.0 Å². The van der Waals surface area contributed by atoms with E-state index in [4.69, 9.17) is 9.84 Å². The topological polar surface area (TPSA) is 68.2 Å². The van der Waals surface area contributed by atoms with E-state index in [1.165, 1.54) is 34.9 Å². The Morgan fingerprint density at radius 1 is 1.12 bits per heavy atom. The Bertz CT molecular complexity index is 1570. The molecule has 2 N–H and O–H groups in total. The number of fused-ring (bicyclic) bond motifs is 1. The van der Waals surface area contributed by atoms with Crippen LogP contribution in [0.2, 0.25) is 0 Å². The summed E-state index contributed by atoms with van der Waals surface area (Å²) in [4.78, 5) is 12.8. The number of nitrogens with zero attached hydrogens (tertiary/aromatic N) is 2. The fraction of sp³-hybridized carbons (Fsp3) is 0.294. The van der Waals surface area contributed by atoms with Gasteiger partial charge < -0.3 is 15.4 Å². The molecule has 2 heterocycles. The van der Waals surface area contributed by atoms with E-state index in [0.717, 1.165) is 22.9 Å². The Morgan fingerprint density at radius 2 is 1.90 bits per heavy atom. The third kappa shape index (κ3) is 6.41. The van der Waals surface area contributed by atoms with Gasteiger partial charge in [0.1, 0.15) is 11.6 Å². The molecule has 1 saturated carbocycles. The molecule has 1 saturated heterocycles. The van der Waals surface area contributed by atoms with E-state index in [2.05, 4.69) is 35.4 Å². The molecule has 7 heteroatoms. The Labute approximate surface area is 242 Å². The standard InChI is InChI=1S/C32H31FN4O2.C2H6.H2/c1-20-5-3-4-6-29(20)37-30(38)14-13-28(36-37)31(21(2)23-9-11-26(33)12-10-23)32-34-17-27(35-32)19-39-18-22-7-8-24-16-25(24)15-22;1-2;/h3-15,24-25,27,34-35H,2,16-19H2,1H3;1-2H3;1H/b32-31-;;. The number of halogens is 1. The number of ether oxygens (including phenoxy) is 1. The molecule has 3 unspecified atom stereocenters. The molecule has 0 radical (unpaired) electrons. The maximum Gasteiger partial charge on any atom is 0.271 e. The predicted molar refractivity (Wildman–Crippen MR) is 165 cm³/mol. The number of aryl methyl sites for hydroxylation is 1. The van der Waals surface area contributed by atoms with Crippen LogP contribution >= 0.6 is 0 Å². The van der Waals surface area contributed by atoms with Crippen LogP contribution in [0.25, 0.3) is 16.8 Å². The first kappa shape index (κ1) is 28.3. The van der Waals surface area contributed by atoms with Gasteiger partial charge in [-0.15, -0.1) is 0 Å². The van der Waals surface area contributed by atoms with E-state index in [-0.39, 0.29) is 18.8 Å². The summed E-state index contributed by atoms with van der Waals surface area (Å²) in [6, 6.07) is 17.1. The molecule has 2 aliphatic carbocycles. The van der Waals surface area contributed by atoms with Gasteiger partial charge in [0.25, 0.3) is 5.56 Å². The molecule has 41 heavy (non-hydrogen) atoms. The lowest BCUT2D eigenvalue weighted by Crippen LogP contribution is -2.29. The molecule has 6 rings (SSSR count). The number of allylic oxidation sites excluding steroid dienone is 4. The average Bonchev–Trinajstić information content (AvgIpc) is 3.63. The fourth-order valence-electron chi connectivity index (χ4n) is 5.18. The highest BCUT2D eigenvalue weighted by molar-refractivity contribution is 6.04. The zero-order valence-electron chi connectivity index (χ0n) is 23.9. The first-order valence-electron chi connectivity index (χ1n) is 14.3. The van der Waals surface area contributed by atoms with Crippen molar-refractivity contribution in [1.82, 2.24) is 20.4 Å². The summed E-state index contributed by atoms with van der Waals surface area (Å²) in [5.41, 5.74) is 5.35. The van der Waals surface area contributed by atoms with Crippen LogP contribution in [0.15, 0.2) is 102 Å². The van der Waals surface area contributed by atoms with Crippen LogP contribution in [-0.4, -0.2) is 35.6 Å². The zero-order valence-corrected chi connectivity index (χ0v) is 23.9. The lowest BCUT2D eigenvalue weighted by Gasteiger charge is -2.17. The van der Waals surface area contributed by atoms with Crippen LogP contribution < -0.4 is 16.2 Å². The predicted octanol–water partition coefficient (Wildman–Crippen LogP) is 6.04. The van der Waals surface area contributed by atoms with E-state index in [1.54, 1.807) is 18.2 Å². The molecular weight excluding hydrogens is 515 g/mol. The van der Waals surface area contributed by atoms with Crippen molar-refractivity contribution in [2.75, 3.05) is 19.8 Å². The maximum absolute atomic E-state index is 13.7. The summed E-state index contributed by atoms with van der Waals surface area (Å²) in [6.45, 7) is 12.1. The molecule has 6 nitrogen and oxygen atoms in total. The van der Waals surface area contributed by atoms with Gasteiger partial charge in [-0.3, -0.25) is 4.79 Å². The summed E-state index contributed by atoms with van der Waals surface area (Å²) in [6.07, 6.45) is 8.06. The summed E-state index contributed by atoms with van der Waals surface area (Å²) >= 11 is 0. The van der Waals surface area contributed by atoms with E-state index >= 15 is 0 Å². The largest absolute Gasteiger partial charge is 0.375 e.